The zero-order valence-electron chi connectivity index (χ0n) is 18.4. The van der Waals surface area contributed by atoms with E-state index in [2.05, 4.69) is 57.6 Å². The Morgan fingerprint density at radius 1 is 1.07 bits per heavy atom. The summed E-state index contributed by atoms with van der Waals surface area (Å²) in [5.74, 6) is 2.65. The Bertz CT molecular complexity index is 794. The van der Waals surface area contributed by atoms with Crippen LogP contribution in [0.5, 0.6) is 11.5 Å². The second kappa shape index (κ2) is 8.72. The number of nitrogens with zero attached hydrogens (tertiary/aromatic N) is 3. The van der Waals surface area contributed by atoms with E-state index in [-0.39, 0.29) is 18.8 Å². The minimum absolute atomic E-state index is 0.112. The maximum atomic E-state index is 9.17. The van der Waals surface area contributed by atoms with Crippen LogP contribution in [0, 0.1) is 0 Å². The van der Waals surface area contributed by atoms with Gasteiger partial charge in [0.1, 0.15) is 0 Å². The van der Waals surface area contributed by atoms with Gasteiger partial charge in [-0.15, -0.1) is 0 Å². The second-order valence-electron chi connectivity index (χ2n) is 9.01. The Labute approximate surface area is 175 Å². The Hall–Kier alpha value is -2.11. The van der Waals surface area contributed by atoms with Crippen molar-refractivity contribution >= 4 is 8.32 Å². The fraction of sp³-hybridized carbons (Fsp3) is 0.636. The maximum absolute atomic E-state index is 9.17. The summed E-state index contributed by atoms with van der Waals surface area (Å²) in [5.41, 5.74) is 11.8. The number of rotatable bonds is 7. The average molecular weight is 416 g/mol. The zero-order chi connectivity index (χ0) is 21.2. The van der Waals surface area contributed by atoms with Crippen LogP contribution in [0.15, 0.2) is 35.1 Å². The molecule has 1 aliphatic heterocycles. The monoisotopic (exact) mass is 415 g/mol. The first-order valence-corrected chi connectivity index (χ1v) is 12.8. The molecule has 0 N–H and O–H groups in total. The van der Waals surface area contributed by atoms with Gasteiger partial charge in [-0.05, 0) is 58.3 Å². The Morgan fingerprint density at radius 2 is 1.72 bits per heavy atom. The van der Waals surface area contributed by atoms with Crippen molar-refractivity contribution in [3.05, 3.63) is 46.0 Å². The van der Waals surface area contributed by atoms with Crippen molar-refractivity contribution in [1.29, 1.82) is 0 Å². The Kier molecular flexibility index (Phi) is 6.49. The first-order valence-electron chi connectivity index (χ1n) is 10.6. The van der Waals surface area contributed by atoms with Crippen molar-refractivity contribution in [2.75, 3.05) is 6.79 Å². The van der Waals surface area contributed by atoms with E-state index in [4.69, 9.17) is 13.9 Å². The summed E-state index contributed by atoms with van der Waals surface area (Å²) >= 11 is 0. The van der Waals surface area contributed by atoms with Gasteiger partial charge in [0.25, 0.3) is 8.32 Å². The quantitative estimate of drug-likeness (QED) is 0.207. The van der Waals surface area contributed by atoms with Gasteiger partial charge in [-0.3, -0.25) is 0 Å². The van der Waals surface area contributed by atoms with E-state index in [1.54, 1.807) is 0 Å². The molecule has 0 saturated carbocycles. The fourth-order valence-corrected chi connectivity index (χ4v) is 10.5. The summed E-state index contributed by atoms with van der Waals surface area (Å²) in [6, 6.07) is 5.74. The van der Waals surface area contributed by atoms with Crippen LogP contribution in [0.4, 0.5) is 0 Å². The molecule has 0 fully saturated rings. The second-order valence-corrected chi connectivity index (χ2v) is 14.4. The van der Waals surface area contributed by atoms with Crippen molar-refractivity contribution in [2.24, 2.45) is 5.11 Å². The molecule has 0 saturated heterocycles. The smallest absolute Gasteiger partial charge is 0.258 e. The van der Waals surface area contributed by atoms with E-state index in [1.807, 2.05) is 18.2 Å². The lowest BCUT2D eigenvalue weighted by Crippen LogP contribution is -2.47. The molecule has 1 aromatic rings. The molecule has 0 amide bonds. The number of ether oxygens (including phenoxy) is 2. The van der Waals surface area contributed by atoms with Crippen molar-refractivity contribution in [3.8, 4) is 11.5 Å². The molecule has 0 bridgehead atoms. The van der Waals surface area contributed by atoms with Gasteiger partial charge in [0, 0.05) is 11.3 Å². The highest BCUT2D eigenvalue weighted by atomic mass is 28.4. The van der Waals surface area contributed by atoms with Gasteiger partial charge in [0.15, 0.2) is 11.5 Å². The van der Waals surface area contributed by atoms with Crippen LogP contribution in [-0.4, -0.2) is 21.2 Å². The van der Waals surface area contributed by atoms with Crippen LogP contribution >= 0.6 is 0 Å². The van der Waals surface area contributed by atoms with E-state index in [9.17, 15) is 5.53 Å². The van der Waals surface area contributed by atoms with Crippen LogP contribution in [0.1, 0.15) is 65.9 Å². The molecule has 6 nitrogen and oxygen atoms in total. The summed E-state index contributed by atoms with van der Waals surface area (Å²) in [4.78, 5) is 3.12. The third-order valence-corrected chi connectivity index (χ3v) is 12.5. The molecule has 158 valence electrons. The molecule has 1 aromatic carbocycles. The molecule has 3 rings (SSSR count). The highest BCUT2D eigenvalue weighted by Gasteiger charge is 2.47. The molecule has 1 unspecified atom stereocenters. The summed E-state index contributed by atoms with van der Waals surface area (Å²) in [6.07, 6.45) is 3.80. The molecular weight excluding hydrogens is 382 g/mol. The van der Waals surface area contributed by atoms with Gasteiger partial charge in [-0.25, -0.2) is 0 Å². The van der Waals surface area contributed by atoms with Gasteiger partial charge in [-0.1, -0.05) is 52.7 Å². The van der Waals surface area contributed by atoms with E-state index in [0.29, 0.717) is 16.6 Å². The topological polar surface area (TPSA) is 76.5 Å². The Balaban J connectivity index is 1.90. The summed E-state index contributed by atoms with van der Waals surface area (Å²) < 4.78 is 17.8. The van der Waals surface area contributed by atoms with Crippen LogP contribution in [-0.2, 0) is 4.43 Å². The number of benzene rings is 1. The first-order chi connectivity index (χ1) is 13.8. The van der Waals surface area contributed by atoms with Crippen LogP contribution < -0.4 is 9.47 Å². The largest absolute Gasteiger partial charge is 0.546 e. The van der Waals surface area contributed by atoms with Crippen molar-refractivity contribution in [2.45, 2.75) is 83.0 Å². The zero-order valence-corrected chi connectivity index (χ0v) is 19.4. The normalized spacial score (nSPS) is 21.3. The van der Waals surface area contributed by atoms with Gasteiger partial charge in [-0.2, -0.15) is 0 Å². The maximum Gasteiger partial charge on any atom is 0.258 e. The van der Waals surface area contributed by atoms with Crippen LogP contribution in [0.25, 0.3) is 10.4 Å². The Morgan fingerprint density at radius 3 is 2.34 bits per heavy atom. The number of hydrogen-bond donors (Lipinski definition) is 0. The molecule has 0 aromatic heterocycles. The predicted molar refractivity (Wildman–Crippen MR) is 118 cm³/mol. The molecule has 7 heteroatoms. The van der Waals surface area contributed by atoms with Gasteiger partial charge < -0.3 is 13.9 Å². The minimum Gasteiger partial charge on any atom is -0.546 e. The molecule has 29 heavy (non-hydrogen) atoms. The molecule has 0 radical (unpaired) electrons. The van der Waals surface area contributed by atoms with Crippen molar-refractivity contribution in [1.82, 2.24) is 0 Å². The van der Waals surface area contributed by atoms with E-state index < -0.39 is 8.32 Å². The number of hydrogen-bond acceptors (Lipinski definition) is 4. The van der Waals surface area contributed by atoms with Gasteiger partial charge in [0.05, 0.1) is 11.8 Å². The van der Waals surface area contributed by atoms with Gasteiger partial charge in [0.2, 0.25) is 6.79 Å². The standard InChI is InChI=1S/C22H33N3O3Si/c1-14(2)29(15(3)4,16(5)6)28-18-8-9-19(20(12-18)24-25-23)17-7-10-21-22(11-17)27-13-26-21/h7,10-12,14-16,19-20H,8-9,13H2,1-6H3/t19-,20?/m1/s1. The molecule has 0 spiro atoms. The van der Waals surface area contributed by atoms with Gasteiger partial charge >= 0.3 is 0 Å². The lowest BCUT2D eigenvalue weighted by molar-refractivity contribution is 0.174. The average Bonchev–Trinajstić information content (AvgIpc) is 3.13. The SMILES string of the molecule is CC(C)[Si](OC1=CC(N=[N+]=[N-])[C@@H](c2ccc3c(c2)OCO3)CC1)(C(C)C)C(C)C. The predicted octanol–water partition coefficient (Wildman–Crippen LogP) is 7.05. The minimum atomic E-state index is -2.02. The number of azide groups is 1. The third-order valence-electron chi connectivity index (χ3n) is 6.50. The summed E-state index contributed by atoms with van der Waals surface area (Å²) in [6.45, 7) is 14.0. The van der Waals surface area contributed by atoms with Crippen LogP contribution in [0.2, 0.25) is 16.6 Å². The number of fused-ring (bicyclic) bond motifs is 1. The van der Waals surface area contributed by atoms with Crippen molar-refractivity contribution in [3.63, 3.8) is 0 Å². The van der Waals surface area contributed by atoms with Crippen molar-refractivity contribution < 1.29 is 13.9 Å². The molecular formula is C22H33N3O3Si. The van der Waals surface area contributed by atoms with E-state index in [1.165, 1.54) is 0 Å². The van der Waals surface area contributed by atoms with E-state index in [0.717, 1.165) is 35.7 Å². The van der Waals surface area contributed by atoms with E-state index >= 15 is 0 Å². The van der Waals surface area contributed by atoms with Crippen LogP contribution in [0.3, 0.4) is 0 Å². The third kappa shape index (κ3) is 4.12. The highest BCUT2D eigenvalue weighted by Crippen LogP contribution is 2.46. The summed E-state index contributed by atoms with van der Waals surface area (Å²) in [7, 11) is -2.02. The summed E-state index contributed by atoms with van der Waals surface area (Å²) in [5, 5.41) is 4.12. The lowest BCUT2D eigenvalue weighted by Gasteiger charge is -2.44. The molecule has 2 aliphatic rings. The number of allylic oxidation sites excluding steroid dienone is 1. The molecule has 1 heterocycles. The molecule has 2 atom stereocenters. The fourth-order valence-electron chi connectivity index (χ4n) is 5.21. The molecule has 1 aliphatic carbocycles. The highest BCUT2D eigenvalue weighted by molar-refractivity contribution is 6.77. The first kappa shape index (κ1) is 21.6. The lowest BCUT2D eigenvalue weighted by atomic mass is 9.83.